The lowest BCUT2D eigenvalue weighted by atomic mass is 10.2. The lowest BCUT2D eigenvalue weighted by Crippen LogP contribution is -2.30. The summed E-state index contributed by atoms with van der Waals surface area (Å²) in [5.74, 6) is -1.12. The van der Waals surface area contributed by atoms with E-state index in [4.69, 9.17) is 4.74 Å². The Morgan fingerprint density at radius 3 is 2.55 bits per heavy atom. The van der Waals surface area contributed by atoms with Crippen molar-refractivity contribution in [3.63, 3.8) is 0 Å². The average molecular weight is 299 g/mol. The molecule has 2 rings (SSSR count). The molecule has 5 nitrogen and oxygen atoms in total. The Balaban J connectivity index is 1.98. The first kappa shape index (κ1) is 15.6. The van der Waals surface area contributed by atoms with E-state index >= 15 is 0 Å². The van der Waals surface area contributed by atoms with E-state index in [2.05, 4.69) is 5.32 Å². The van der Waals surface area contributed by atoms with Crippen LogP contribution in [-0.2, 0) is 9.53 Å². The highest BCUT2D eigenvalue weighted by Gasteiger charge is 2.19. The first-order valence-corrected chi connectivity index (χ1v) is 6.83. The molecule has 0 heterocycles. The van der Waals surface area contributed by atoms with Crippen LogP contribution in [0.25, 0.3) is 0 Å². The summed E-state index contributed by atoms with van der Waals surface area (Å²) in [7, 11) is 0. The number of phenolic OH excluding ortho intramolecular Hbond substituents is 1. The summed E-state index contributed by atoms with van der Waals surface area (Å²) in [5.41, 5.74) is 1.85. The van der Waals surface area contributed by atoms with Crippen LogP contribution in [0.3, 0.4) is 0 Å². The molecule has 114 valence electrons. The van der Waals surface area contributed by atoms with E-state index in [0.29, 0.717) is 5.69 Å². The third-order valence-electron chi connectivity index (χ3n) is 3.02. The number of hydrogen-bond acceptors (Lipinski definition) is 4. The number of ether oxygens (including phenoxy) is 1. The Hall–Kier alpha value is -2.82. The van der Waals surface area contributed by atoms with E-state index in [1.54, 1.807) is 6.07 Å². The number of carbonyl (C=O) groups excluding carboxylic acids is 2. The highest BCUT2D eigenvalue weighted by atomic mass is 16.5. The van der Waals surface area contributed by atoms with Crippen LogP contribution in [0.15, 0.2) is 48.5 Å². The summed E-state index contributed by atoms with van der Waals surface area (Å²) in [6.45, 7) is 3.41. The fourth-order valence-electron chi connectivity index (χ4n) is 1.88. The Kier molecular flexibility index (Phi) is 4.78. The number of aryl methyl sites for hydroxylation is 1. The molecule has 2 aromatic carbocycles. The average Bonchev–Trinajstić information content (AvgIpc) is 2.47. The molecule has 0 radical (unpaired) electrons. The maximum absolute atomic E-state index is 12.0. The van der Waals surface area contributed by atoms with Crippen molar-refractivity contribution >= 4 is 17.6 Å². The van der Waals surface area contributed by atoms with E-state index in [0.717, 1.165) is 5.56 Å². The zero-order valence-electron chi connectivity index (χ0n) is 12.4. The van der Waals surface area contributed by atoms with Gasteiger partial charge < -0.3 is 15.2 Å². The molecule has 0 spiro atoms. The molecule has 0 fully saturated rings. The van der Waals surface area contributed by atoms with E-state index in [1.165, 1.54) is 31.2 Å². The number of nitrogens with one attached hydrogen (secondary N) is 1. The molecular weight excluding hydrogens is 282 g/mol. The topological polar surface area (TPSA) is 75.6 Å². The number of benzene rings is 2. The van der Waals surface area contributed by atoms with Crippen LogP contribution in [-0.4, -0.2) is 23.1 Å². The summed E-state index contributed by atoms with van der Waals surface area (Å²) in [6.07, 6.45) is -0.949. The van der Waals surface area contributed by atoms with Crippen LogP contribution in [0.4, 0.5) is 5.69 Å². The van der Waals surface area contributed by atoms with Crippen molar-refractivity contribution < 1.29 is 19.4 Å². The third kappa shape index (κ3) is 4.09. The van der Waals surface area contributed by atoms with Crippen LogP contribution < -0.4 is 5.32 Å². The van der Waals surface area contributed by atoms with Crippen LogP contribution in [0.5, 0.6) is 5.75 Å². The van der Waals surface area contributed by atoms with Crippen LogP contribution in [0, 0.1) is 6.92 Å². The first-order chi connectivity index (χ1) is 10.5. The summed E-state index contributed by atoms with van der Waals surface area (Å²) < 4.78 is 5.09. The van der Waals surface area contributed by atoms with Gasteiger partial charge in [-0.1, -0.05) is 18.2 Å². The highest BCUT2D eigenvalue weighted by molar-refractivity contribution is 5.97. The van der Waals surface area contributed by atoms with Crippen molar-refractivity contribution in [1.82, 2.24) is 0 Å². The van der Waals surface area contributed by atoms with E-state index in [9.17, 15) is 14.7 Å². The summed E-state index contributed by atoms with van der Waals surface area (Å²) >= 11 is 0. The van der Waals surface area contributed by atoms with Crippen LogP contribution >= 0.6 is 0 Å². The second kappa shape index (κ2) is 6.76. The predicted octanol–water partition coefficient (Wildman–Crippen LogP) is 2.88. The summed E-state index contributed by atoms with van der Waals surface area (Å²) in [4.78, 5) is 23.9. The molecule has 0 saturated carbocycles. The smallest absolute Gasteiger partial charge is 0.339 e. The molecule has 2 N–H and O–H groups in total. The van der Waals surface area contributed by atoms with Crippen molar-refractivity contribution in [2.45, 2.75) is 20.0 Å². The molecule has 5 heteroatoms. The number of hydrogen-bond donors (Lipinski definition) is 2. The van der Waals surface area contributed by atoms with Gasteiger partial charge in [-0.05, 0) is 49.7 Å². The summed E-state index contributed by atoms with van der Waals surface area (Å²) in [5, 5.41) is 12.0. The molecule has 2 aromatic rings. The minimum atomic E-state index is -0.949. The normalized spacial score (nSPS) is 11.5. The molecule has 22 heavy (non-hydrogen) atoms. The Labute approximate surface area is 128 Å². The highest BCUT2D eigenvalue weighted by Crippen LogP contribution is 2.14. The van der Waals surface area contributed by atoms with Crippen LogP contribution in [0.2, 0.25) is 0 Å². The van der Waals surface area contributed by atoms with Gasteiger partial charge in [-0.3, -0.25) is 4.79 Å². The Bertz CT molecular complexity index is 697. The van der Waals surface area contributed by atoms with Crippen molar-refractivity contribution in [2.24, 2.45) is 0 Å². The molecule has 0 aliphatic rings. The molecule has 1 amide bonds. The minimum absolute atomic E-state index is 0.0358. The van der Waals surface area contributed by atoms with Gasteiger partial charge >= 0.3 is 5.97 Å². The lowest BCUT2D eigenvalue weighted by Gasteiger charge is -2.14. The number of anilines is 1. The summed E-state index contributed by atoms with van der Waals surface area (Å²) in [6, 6.07) is 13.1. The largest absolute Gasteiger partial charge is 0.508 e. The number of rotatable bonds is 4. The van der Waals surface area contributed by atoms with Gasteiger partial charge in [0.25, 0.3) is 5.91 Å². The Morgan fingerprint density at radius 1 is 1.14 bits per heavy atom. The van der Waals surface area contributed by atoms with Gasteiger partial charge in [0.05, 0.1) is 5.56 Å². The van der Waals surface area contributed by atoms with Gasteiger partial charge in [0.15, 0.2) is 6.10 Å². The molecule has 0 aliphatic carbocycles. The van der Waals surface area contributed by atoms with Crippen molar-refractivity contribution in [1.29, 1.82) is 0 Å². The third-order valence-corrected chi connectivity index (χ3v) is 3.02. The SMILES string of the molecule is Cc1cccc(NC(=O)C(C)OC(=O)c2cccc(O)c2)c1. The predicted molar refractivity (Wildman–Crippen MR) is 82.8 cm³/mol. The molecule has 0 aliphatic heterocycles. The molecule has 1 unspecified atom stereocenters. The fraction of sp³-hybridized carbons (Fsp3) is 0.176. The van der Waals surface area contributed by atoms with Gasteiger partial charge in [0, 0.05) is 5.69 Å². The zero-order valence-corrected chi connectivity index (χ0v) is 12.4. The maximum Gasteiger partial charge on any atom is 0.339 e. The van der Waals surface area contributed by atoms with E-state index in [-0.39, 0.29) is 11.3 Å². The van der Waals surface area contributed by atoms with Gasteiger partial charge in [-0.2, -0.15) is 0 Å². The molecule has 1 atom stereocenters. The first-order valence-electron chi connectivity index (χ1n) is 6.83. The minimum Gasteiger partial charge on any atom is -0.508 e. The zero-order chi connectivity index (χ0) is 16.1. The van der Waals surface area contributed by atoms with E-state index in [1.807, 2.05) is 25.1 Å². The number of amides is 1. The van der Waals surface area contributed by atoms with Crippen molar-refractivity contribution in [3.05, 3.63) is 59.7 Å². The number of phenols is 1. The van der Waals surface area contributed by atoms with Crippen molar-refractivity contribution in [2.75, 3.05) is 5.32 Å². The van der Waals surface area contributed by atoms with Gasteiger partial charge in [0.1, 0.15) is 5.75 Å². The van der Waals surface area contributed by atoms with Gasteiger partial charge in [0.2, 0.25) is 0 Å². The van der Waals surface area contributed by atoms with Crippen LogP contribution in [0.1, 0.15) is 22.8 Å². The quantitative estimate of drug-likeness (QED) is 0.851. The maximum atomic E-state index is 12.0. The molecular formula is C17H17NO4. The second-order valence-electron chi connectivity index (χ2n) is 4.96. The van der Waals surface area contributed by atoms with E-state index < -0.39 is 18.0 Å². The number of esters is 1. The monoisotopic (exact) mass is 299 g/mol. The number of carbonyl (C=O) groups is 2. The second-order valence-corrected chi connectivity index (χ2v) is 4.96. The Morgan fingerprint density at radius 2 is 1.86 bits per heavy atom. The standard InChI is InChI=1S/C17H17NO4/c1-11-5-3-7-14(9-11)18-16(20)12(2)22-17(21)13-6-4-8-15(19)10-13/h3-10,12,19H,1-2H3,(H,18,20). The lowest BCUT2D eigenvalue weighted by molar-refractivity contribution is -0.123. The molecule has 0 bridgehead atoms. The number of aromatic hydroxyl groups is 1. The fourth-order valence-corrected chi connectivity index (χ4v) is 1.88. The molecule has 0 saturated heterocycles. The van der Waals surface area contributed by atoms with Gasteiger partial charge in [-0.15, -0.1) is 0 Å². The van der Waals surface area contributed by atoms with Gasteiger partial charge in [-0.25, -0.2) is 4.79 Å². The van der Waals surface area contributed by atoms with Crippen molar-refractivity contribution in [3.8, 4) is 5.75 Å². The molecule has 0 aromatic heterocycles.